The number of hydroxylamine groups is 2. The SMILES string of the molecule is CCN(CC)OC(c1ccccc1)(c1ccccc1)c1ccccc1N(CC)CC. The third kappa shape index (κ3) is 4.28. The van der Waals surface area contributed by atoms with Crippen LogP contribution in [0.25, 0.3) is 0 Å². The Hall–Kier alpha value is -2.62. The van der Waals surface area contributed by atoms with Gasteiger partial charge >= 0.3 is 0 Å². The van der Waals surface area contributed by atoms with Gasteiger partial charge in [0.1, 0.15) is 0 Å². The summed E-state index contributed by atoms with van der Waals surface area (Å²) in [5.41, 5.74) is 3.89. The molecule has 0 N–H and O–H groups in total. The zero-order valence-electron chi connectivity index (χ0n) is 18.7. The van der Waals surface area contributed by atoms with Crippen LogP contribution in [-0.4, -0.2) is 31.2 Å². The molecule has 3 nitrogen and oxygen atoms in total. The molecule has 0 bridgehead atoms. The van der Waals surface area contributed by atoms with Gasteiger partial charge in [-0.25, -0.2) is 0 Å². The summed E-state index contributed by atoms with van der Waals surface area (Å²) in [7, 11) is 0. The van der Waals surface area contributed by atoms with Crippen LogP contribution in [0.3, 0.4) is 0 Å². The first-order valence-electron chi connectivity index (χ1n) is 11.1. The summed E-state index contributed by atoms with van der Waals surface area (Å²) >= 11 is 0. The van der Waals surface area contributed by atoms with Gasteiger partial charge in [-0.3, -0.25) is 4.84 Å². The highest BCUT2D eigenvalue weighted by Crippen LogP contribution is 2.45. The molecular formula is C27H34N2O. The van der Waals surface area contributed by atoms with Gasteiger partial charge in [-0.1, -0.05) is 92.7 Å². The normalized spacial score (nSPS) is 11.6. The van der Waals surface area contributed by atoms with Crippen molar-refractivity contribution in [1.82, 2.24) is 5.06 Å². The molecule has 0 fully saturated rings. The van der Waals surface area contributed by atoms with E-state index in [4.69, 9.17) is 4.84 Å². The van der Waals surface area contributed by atoms with Crippen LogP contribution in [0.1, 0.15) is 44.4 Å². The van der Waals surface area contributed by atoms with E-state index in [1.165, 1.54) is 5.69 Å². The highest BCUT2D eigenvalue weighted by Gasteiger charge is 2.42. The van der Waals surface area contributed by atoms with Crippen molar-refractivity contribution in [1.29, 1.82) is 0 Å². The van der Waals surface area contributed by atoms with Crippen molar-refractivity contribution in [3.63, 3.8) is 0 Å². The Bertz CT molecular complexity index is 848. The summed E-state index contributed by atoms with van der Waals surface area (Å²) in [6, 6.07) is 29.9. The highest BCUT2D eigenvalue weighted by molar-refractivity contribution is 5.62. The smallest absolute Gasteiger partial charge is 0.167 e. The summed E-state index contributed by atoms with van der Waals surface area (Å²) in [5.74, 6) is 0. The van der Waals surface area contributed by atoms with Crippen LogP contribution in [0.15, 0.2) is 84.9 Å². The standard InChI is InChI=1S/C27H34N2O/c1-5-28(6-2)26-22-16-15-21-25(26)27(30-29(7-3)8-4,23-17-11-9-12-18-23)24-19-13-10-14-20-24/h9-22H,5-8H2,1-4H3. The van der Waals surface area contributed by atoms with Gasteiger partial charge in [0.2, 0.25) is 0 Å². The molecule has 3 aromatic rings. The maximum Gasteiger partial charge on any atom is 0.167 e. The van der Waals surface area contributed by atoms with Gasteiger partial charge in [0.05, 0.1) is 0 Å². The molecule has 30 heavy (non-hydrogen) atoms. The van der Waals surface area contributed by atoms with E-state index in [1.54, 1.807) is 0 Å². The van der Waals surface area contributed by atoms with Crippen LogP contribution in [0.4, 0.5) is 5.69 Å². The molecule has 0 atom stereocenters. The monoisotopic (exact) mass is 402 g/mol. The van der Waals surface area contributed by atoms with Gasteiger partial charge in [-0.15, -0.1) is 0 Å². The van der Waals surface area contributed by atoms with Crippen LogP contribution < -0.4 is 4.90 Å². The largest absolute Gasteiger partial charge is 0.372 e. The number of anilines is 1. The molecule has 0 aliphatic carbocycles. The van der Waals surface area contributed by atoms with E-state index in [-0.39, 0.29) is 0 Å². The molecule has 3 aromatic carbocycles. The van der Waals surface area contributed by atoms with Crippen LogP contribution in [0.5, 0.6) is 0 Å². The molecule has 0 aliphatic rings. The predicted octanol–water partition coefficient (Wildman–Crippen LogP) is 6.10. The number of nitrogens with zero attached hydrogens (tertiary/aromatic N) is 2. The second kappa shape index (κ2) is 10.4. The number of rotatable bonds is 10. The van der Waals surface area contributed by atoms with Crippen molar-refractivity contribution in [3.8, 4) is 0 Å². The highest BCUT2D eigenvalue weighted by atomic mass is 16.7. The summed E-state index contributed by atoms with van der Waals surface area (Å²) in [4.78, 5) is 9.39. The van der Waals surface area contributed by atoms with Crippen LogP contribution >= 0.6 is 0 Å². The molecule has 0 aliphatic heterocycles. The molecular weight excluding hydrogens is 368 g/mol. The Balaban J connectivity index is 2.37. The third-order valence-electron chi connectivity index (χ3n) is 5.72. The number of hydrogen-bond donors (Lipinski definition) is 0. The van der Waals surface area contributed by atoms with E-state index in [2.05, 4.69) is 123 Å². The van der Waals surface area contributed by atoms with Gasteiger partial charge in [-0.2, -0.15) is 5.06 Å². The molecule has 158 valence electrons. The zero-order chi connectivity index (χ0) is 21.4. The molecule has 0 saturated heterocycles. The van der Waals surface area contributed by atoms with E-state index in [0.717, 1.165) is 42.9 Å². The Kier molecular flexibility index (Phi) is 7.67. The molecule has 3 rings (SSSR count). The number of benzene rings is 3. The first kappa shape index (κ1) is 22.1. The average Bonchev–Trinajstić information content (AvgIpc) is 2.83. The lowest BCUT2D eigenvalue weighted by Gasteiger charge is -2.41. The summed E-state index contributed by atoms with van der Waals surface area (Å²) in [6.45, 7) is 12.2. The minimum Gasteiger partial charge on any atom is -0.372 e. The van der Waals surface area contributed by atoms with E-state index in [9.17, 15) is 0 Å². The maximum absolute atomic E-state index is 6.98. The Morgan fingerprint density at radius 2 is 1.07 bits per heavy atom. The predicted molar refractivity (Wildman–Crippen MR) is 127 cm³/mol. The number of para-hydroxylation sites is 1. The zero-order valence-corrected chi connectivity index (χ0v) is 18.7. The molecule has 0 unspecified atom stereocenters. The lowest BCUT2D eigenvalue weighted by molar-refractivity contribution is -0.217. The fraction of sp³-hybridized carbons (Fsp3) is 0.333. The van der Waals surface area contributed by atoms with Crippen molar-refractivity contribution in [3.05, 3.63) is 102 Å². The number of hydrogen-bond acceptors (Lipinski definition) is 3. The first-order chi connectivity index (χ1) is 14.7. The second-order valence-corrected chi connectivity index (χ2v) is 7.31. The Morgan fingerprint density at radius 1 is 0.600 bits per heavy atom. The van der Waals surface area contributed by atoms with Crippen molar-refractivity contribution < 1.29 is 4.84 Å². The summed E-state index contributed by atoms with van der Waals surface area (Å²) in [6.07, 6.45) is 0. The maximum atomic E-state index is 6.98. The lowest BCUT2D eigenvalue weighted by Crippen LogP contribution is -2.42. The second-order valence-electron chi connectivity index (χ2n) is 7.31. The van der Waals surface area contributed by atoms with Crippen LogP contribution in [0.2, 0.25) is 0 Å². The molecule has 0 heterocycles. The van der Waals surface area contributed by atoms with Crippen molar-refractivity contribution >= 4 is 5.69 Å². The Labute approximate surface area is 181 Å². The van der Waals surface area contributed by atoms with Gasteiger partial charge < -0.3 is 4.90 Å². The van der Waals surface area contributed by atoms with Crippen molar-refractivity contribution in [2.75, 3.05) is 31.1 Å². The molecule has 0 aromatic heterocycles. The summed E-state index contributed by atoms with van der Waals surface area (Å²) in [5, 5.41) is 2.05. The minimum atomic E-state index is -0.742. The Morgan fingerprint density at radius 3 is 1.53 bits per heavy atom. The van der Waals surface area contributed by atoms with Crippen molar-refractivity contribution in [2.24, 2.45) is 0 Å². The van der Waals surface area contributed by atoms with Crippen LogP contribution in [0, 0.1) is 0 Å². The fourth-order valence-electron chi connectivity index (χ4n) is 4.14. The lowest BCUT2D eigenvalue weighted by atomic mass is 9.79. The van der Waals surface area contributed by atoms with Crippen LogP contribution in [-0.2, 0) is 10.4 Å². The molecule has 0 amide bonds. The van der Waals surface area contributed by atoms with Gasteiger partial charge in [0.15, 0.2) is 5.60 Å². The third-order valence-corrected chi connectivity index (χ3v) is 5.72. The summed E-state index contributed by atoms with van der Waals surface area (Å²) < 4.78 is 0. The van der Waals surface area contributed by atoms with E-state index in [1.807, 2.05) is 0 Å². The van der Waals surface area contributed by atoms with Gasteiger partial charge in [0, 0.05) is 37.4 Å². The molecule has 0 radical (unpaired) electrons. The van der Waals surface area contributed by atoms with Gasteiger partial charge in [0.25, 0.3) is 0 Å². The quantitative estimate of drug-likeness (QED) is 0.301. The van der Waals surface area contributed by atoms with Gasteiger partial charge in [-0.05, 0) is 31.0 Å². The molecule has 3 heteroatoms. The first-order valence-corrected chi connectivity index (χ1v) is 11.1. The van der Waals surface area contributed by atoms with Crippen molar-refractivity contribution in [2.45, 2.75) is 33.3 Å². The molecule has 0 saturated carbocycles. The molecule has 0 spiro atoms. The van der Waals surface area contributed by atoms with E-state index < -0.39 is 5.60 Å². The minimum absolute atomic E-state index is 0.742. The van der Waals surface area contributed by atoms with E-state index in [0.29, 0.717) is 0 Å². The topological polar surface area (TPSA) is 15.7 Å². The fourth-order valence-corrected chi connectivity index (χ4v) is 4.14. The van der Waals surface area contributed by atoms with E-state index >= 15 is 0 Å². The average molecular weight is 403 g/mol.